The number of imidazole rings is 1. The molecule has 3 aromatic heterocycles. The number of hydrogen-bond acceptors (Lipinski definition) is 9. The normalized spacial score (nSPS) is 18.0. The van der Waals surface area contributed by atoms with Gasteiger partial charge in [-0.2, -0.15) is 19.6 Å². The average molecular weight is 475 g/mol. The Morgan fingerprint density at radius 3 is 2.74 bits per heavy atom. The highest BCUT2D eigenvalue weighted by atomic mass is 16.3. The summed E-state index contributed by atoms with van der Waals surface area (Å²) in [6.07, 6.45) is 5.28. The second-order valence-electron chi connectivity index (χ2n) is 8.99. The number of piperazine rings is 1. The van der Waals surface area contributed by atoms with Crippen LogP contribution < -0.4 is 26.7 Å². The molecule has 0 spiro atoms. The van der Waals surface area contributed by atoms with Crippen LogP contribution in [0.4, 0.5) is 17.3 Å². The number of anilines is 3. The number of likely N-dealkylation sites (N-methyl/N-ethyl adjacent to an activating group) is 1. The molecule has 2 aliphatic rings. The summed E-state index contributed by atoms with van der Waals surface area (Å²) in [6, 6.07) is 8.46. The van der Waals surface area contributed by atoms with Gasteiger partial charge in [0.2, 0.25) is 11.8 Å². The lowest BCUT2D eigenvalue weighted by Gasteiger charge is -2.34. The van der Waals surface area contributed by atoms with Crippen molar-refractivity contribution in [1.82, 2.24) is 34.4 Å². The molecule has 4 heterocycles. The maximum atomic E-state index is 11.5. The van der Waals surface area contributed by atoms with Crippen molar-refractivity contribution in [3.8, 4) is 5.88 Å². The number of aromatic hydroxyl groups is 1. The third-order valence-electron chi connectivity index (χ3n) is 6.23. The quantitative estimate of drug-likeness (QED) is 0.315. The molecule has 0 radical (unpaired) electrons. The molecule has 0 unspecified atom stereocenters. The Balaban J connectivity index is 1.39. The van der Waals surface area contributed by atoms with E-state index >= 15 is 0 Å². The zero-order valence-electron chi connectivity index (χ0n) is 19.3. The van der Waals surface area contributed by atoms with Crippen molar-refractivity contribution in [2.75, 3.05) is 43.4 Å². The molecule has 6 rings (SSSR count). The molecule has 1 aliphatic heterocycles. The minimum atomic E-state index is -0.494. The third-order valence-corrected chi connectivity index (χ3v) is 6.23. The molecule has 2 fully saturated rings. The van der Waals surface area contributed by atoms with E-state index in [0.29, 0.717) is 22.4 Å². The molecule has 1 aromatic carbocycles. The second-order valence-corrected chi connectivity index (χ2v) is 8.99. The number of nitrogens with zero attached hydrogens (tertiary/aromatic N) is 7. The van der Waals surface area contributed by atoms with Gasteiger partial charge in [0.1, 0.15) is 5.69 Å². The van der Waals surface area contributed by atoms with Gasteiger partial charge in [-0.25, -0.2) is 9.79 Å². The van der Waals surface area contributed by atoms with Gasteiger partial charge in [0, 0.05) is 42.8 Å². The van der Waals surface area contributed by atoms with E-state index in [9.17, 15) is 9.90 Å². The van der Waals surface area contributed by atoms with Gasteiger partial charge in [-0.1, -0.05) is 6.07 Å². The van der Waals surface area contributed by atoms with E-state index in [1.165, 1.54) is 0 Å². The minimum absolute atomic E-state index is 0.239. The number of aromatic nitrogens is 6. The monoisotopic (exact) mass is 474 g/mol. The molecular formula is C23H26N10O2. The smallest absolute Gasteiger partial charge is 0.326 e. The highest BCUT2D eigenvalue weighted by molar-refractivity contribution is 5.63. The predicted octanol–water partition coefficient (Wildman–Crippen LogP) is -0.0475. The van der Waals surface area contributed by atoms with Crippen LogP contribution in [0.2, 0.25) is 0 Å². The number of nitrogens with one attached hydrogen (secondary N) is 3. The van der Waals surface area contributed by atoms with Gasteiger partial charge in [-0.05, 0) is 44.2 Å². The first-order valence-electron chi connectivity index (χ1n) is 11.6. The molecule has 1 saturated carbocycles. The summed E-state index contributed by atoms with van der Waals surface area (Å²) < 4.78 is 1.58. The molecule has 1 saturated heterocycles. The summed E-state index contributed by atoms with van der Waals surface area (Å²) in [6.45, 7) is 4.03. The second kappa shape index (κ2) is 8.55. The Bertz CT molecular complexity index is 1560. The maximum absolute atomic E-state index is 11.5. The number of fused-ring (bicyclic) bond motifs is 1. The summed E-state index contributed by atoms with van der Waals surface area (Å²) in [4.78, 5) is 35.1. The van der Waals surface area contributed by atoms with Crippen molar-refractivity contribution in [2.24, 2.45) is 4.99 Å². The summed E-state index contributed by atoms with van der Waals surface area (Å²) in [7, 11) is 2.14. The topological polar surface area (TPSA) is 143 Å². The summed E-state index contributed by atoms with van der Waals surface area (Å²) >= 11 is 0. The molecular weight excluding hydrogens is 448 g/mol. The zero-order chi connectivity index (χ0) is 23.9. The Labute approximate surface area is 199 Å². The molecule has 180 valence electrons. The lowest BCUT2D eigenvalue weighted by Crippen LogP contribution is -2.44. The van der Waals surface area contributed by atoms with Gasteiger partial charge in [-0.3, -0.25) is 4.98 Å². The van der Waals surface area contributed by atoms with Crippen LogP contribution in [-0.4, -0.2) is 78.8 Å². The summed E-state index contributed by atoms with van der Waals surface area (Å²) in [5.74, 6) is 0.153. The fraction of sp³-hybridized carbons (Fsp3) is 0.348. The standard InChI is InChI=1S/C23H26N10O2/c1-31-7-9-32(10-8-31)17-4-2-3-16(12-17)25-21-28-19-14(11-18-20(34)29-23(35)27-18)13-24-33(19)22(30-21)26-15-5-6-15/h2-4,11-13,15,34H,5-10H2,1H3,(H,25,26,30)(H2,27,29,35). The zero-order valence-corrected chi connectivity index (χ0v) is 19.3. The Morgan fingerprint density at radius 1 is 1.17 bits per heavy atom. The van der Waals surface area contributed by atoms with E-state index in [1.807, 2.05) is 12.1 Å². The Morgan fingerprint density at radius 2 is 2.00 bits per heavy atom. The van der Waals surface area contributed by atoms with Gasteiger partial charge < -0.3 is 25.2 Å². The molecule has 0 atom stereocenters. The first kappa shape index (κ1) is 21.4. The first-order valence-corrected chi connectivity index (χ1v) is 11.6. The van der Waals surface area contributed by atoms with Gasteiger partial charge >= 0.3 is 5.69 Å². The van der Waals surface area contributed by atoms with Crippen LogP contribution >= 0.6 is 0 Å². The van der Waals surface area contributed by atoms with Crippen LogP contribution in [0.15, 0.2) is 40.2 Å². The summed E-state index contributed by atoms with van der Waals surface area (Å²) in [5, 5.41) is 18.3. The van der Waals surface area contributed by atoms with Crippen molar-refractivity contribution < 1.29 is 5.11 Å². The summed E-state index contributed by atoms with van der Waals surface area (Å²) in [5.41, 5.74) is 2.75. The highest BCUT2D eigenvalue weighted by Gasteiger charge is 2.21. The number of aromatic amines is 2. The van der Waals surface area contributed by atoms with E-state index in [1.54, 1.807) is 16.8 Å². The fourth-order valence-electron chi connectivity index (χ4n) is 4.11. The van der Waals surface area contributed by atoms with E-state index in [2.05, 4.69) is 59.3 Å². The Kier molecular flexibility index (Phi) is 5.21. The third kappa shape index (κ3) is 4.47. The molecule has 12 nitrogen and oxygen atoms in total. The number of H-pyrrole nitrogens is 2. The SMILES string of the molecule is CN1CCN(c2cccc(Nc3nc(=NC4CC4)n4ncc(=Cc5[nH]c(=O)[nH]c5O)c4n3)c2)CC1. The average Bonchev–Trinajstić information content (AvgIpc) is 3.48. The van der Waals surface area contributed by atoms with Crippen LogP contribution in [0.5, 0.6) is 5.88 Å². The lowest BCUT2D eigenvalue weighted by atomic mass is 10.2. The number of benzene rings is 1. The van der Waals surface area contributed by atoms with E-state index in [4.69, 9.17) is 4.99 Å². The predicted molar refractivity (Wildman–Crippen MR) is 131 cm³/mol. The first-order chi connectivity index (χ1) is 17.0. The van der Waals surface area contributed by atoms with Crippen molar-refractivity contribution >= 4 is 29.0 Å². The molecule has 4 N–H and O–H groups in total. The van der Waals surface area contributed by atoms with Crippen LogP contribution in [0.1, 0.15) is 18.5 Å². The van der Waals surface area contributed by atoms with Crippen LogP contribution in [-0.2, 0) is 0 Å². The maximum Gasteiger partial charge on any atom is 0.326 e. The van der Waals surface area contributed by atoms with Gasteiger partial charge in [0.05, 0.1) is 12.2 Å². The number of rotatable bonds is 5. The van der Waals surface area contributed by atoms with Gasteiger partial charge in [-0.15, -0.1) is 0 Å². The van der Waals surface area contributed by atoms with E-state index in [-0.39, 0.29) is 17.6 Å². The van der Waals surface area contributed by atoms with Gasteiger partial charge in [0.25, 0.3) is 5.62 Å². The highest BCUT2D eigenvalue weighted by Crippen LogP contribution is 2.23. The molecule has 35 heavy (non-hydrogen) atoms. The fourth-order valence-corrected chi connectivity index (χ4v) is 4.11. The van der Waals surface area contributed by atoms with Crippen molar-refractivity contribution in [3.63, 3.8) is 0 Å². The molecule has 12 heteroatoms. The van der Waals surface area contributed by atoms with Crippen LogP contribution in [0, 0.1) is 0 Å². The largest absolute Gasteiger partial charge is 0.493 e. The lowest BCUT2D eigenvalue weighted by molar-refractivity contribution is 0.313. The van der Waals surface area contributed by atoms with Crippen LogP contribution in [0.3, 0.4) is 0 Å². The van der Waals surface area contributed by atoms with Crippen LogP contribution in [0.25, 0.3) is 11.7 Å². The molecule has 0 amide bonds. The molecule has 0 bridgehead atoms. The van der Waals surface area contributed by atoms with Crippen molar-refractivity contribution in [1.29, 1.82) is 0 Å². The van der Waals surface area contributed by atoms with Crippen molar-refractivity contribution in [3.05, 3.63) is 57.5 Å². The van der Waals surface area contributed by atoms with E-state index < -0.39 is 5.69 Å². The van der Waals surface area contributed by atoms with Gasteiger partial charge in [0.15, 0.2) is 5.65 Å². The number of hydrogen-bond donors (Lipinski definition) is 4. The minimum Gasteiger partial charge on any atom is -0.493 e. The Hall–Kier alpha value is -4.19. The van der Waals surface area contributed by atoms with E-state index in [0.717, 1.165) is 50.4 Å². The molecule has 4 aromatic rings. The van der Waals surface area contributed by atoms with Crippen molar-refractivity contribution in [2.45, 2.75) is 18.9 Å². The molecule has 1 aliphatic carbocycles.